The molecule has 1 heterocycles. The van der Waals surface area contributed by atoms with Gasteiger partial charge in [0.05, 0.1) is 13.7 Å². The molecule has 0 aliphatic carbocycles. The summed E-state index contributed by atoms with van der Waals surface area (Å²) in [4.78, 5) is 11.5. The van der Waals surface area contributed by atoms with Crippen molar-refractivity contribution in [3.8, 4) is 5.88 Å². The average molecular weight is 241 g/mol. The van der Waals surface area contributed by atoms with Crippen LogP contribution in [0.2, 0.25) is 0 Å². The van der Waals surface area contributed by atoms with E-state index in [1.165, 1.54) is 17.9 Å². The molecule has 1 rings (SSSR count). The summed E-state index contributed by atoms with van der Waals surface area (Å²) < 4.78 is 11.3. The first-order valence-corrected chi connectivity index (χ1v) is 5.59. The first-order valence-electron chi connectivity index (χ1n) is 5.59. The molecule has 0 unspecified atom stereocenters. The van der Waals surface area contributed by atoms with E-state index in [0.717, 1.165) is 19.6 Å². The van der Waals surface area contributed by atoms with Crippen molar-refractivity contribution in [1.82, 2.24) is 15.1 Å². The van der Waals surface area contributed by atoms with Gasteiger partial charge < -0.3 is 14.8 Å². The molecular weight excluding hydrogens is 222 g/mol. The Morgan fingerprint density at radius 3 is 2.88 bits per heavy atom. The number of nitrogens with one attached hydrogen (secondary N) is 1. The van der Waals surface area contributed by atoms with Gasteiger partial charge in [-0.2, -0.15) is 0 Å². The van der Waals surface area contributed by atoms with Crippen LogP contribution in [0.3, 0.4) is 0 Å². The molecule has 1 aromatic heterocycles. The van der Waals surface area contributed by atoms with E-state index in [-0.39, 0.29) is 5.56 Å². The van der Waals surface area contributed by atoms with Crippen LogP contribution in [-0.2, 0) is 11.3 Å². The lowest BCUT2D eigenvalue weighted by Gasteiger charge is -2.07. The molecule has 6 nitrogen and oxygen atoms in total. The standard InChI is InChI=1S/C11H19N3O3/c1-16-9-3-6-12-7-8-14-11(15)5-4-10(13-14)17-2/h4-5,12H,3,6-9H2,1-2H3. The lowest BCUT2D eigenvalue weighted by atomic mass is 10.4. The van der Waals surface area contributed by atoms with E-state index in [1.54, 1.807) is 13.2 Å². The molecule has 17 heavy (non-hydrogen) atoms. The molecule has 0 aliphatic heterocycles. The van der Waals surface area contributed by atoms with Crippen LogP contribution in [0.1, 0.15) is 6.42 Å². The summed E-state index contributed by atoms with van der Waals surface area (Å²) in [6.45, 7) is 2.84. The third-order valence-electron chi connectivity index (χ3n) is 2.25. The Labute approximate surface area is 101 Å². The van der Waals surface area contributed by atoms with Crippen molar-refractivity contribution < 1.29 is 9.47 Å². The SMILES string of the molecule is COCCCNCCn1nc(OC)ccc1=O. The van der Waals surface area contributed by atoms with Crippen molar-refractivity contribution in [2.24, 2.45) is 0 Å². The maximum atomic E-state index is 11.5. The summed E-state index contributed by atoms with van der Waals surface area (Å²) in [5.41, 5.74) is -0.121. The Morgan fingerprint density at radius 1 is 1.35 bits per heavy atom. The van der Waals surface area contributed by atoms with Crippen molar-refractivity contribution in [1.29, 1.82) is 0 Å². The first kappa shape index (κ1) is 13.7. The number of ether oxygens (including phenoxy) is 2. The molecule has 0 saturated carbocycles. The van der Waals surface area contributed by atoms with Crippen molar-refractivity contribution in [2.45, 2.75) is 13.0 Å². The number of methoxy groups -OCH3 is 2. The second kappa shape index (κ2) is 7.81. The fourth-order valence-corrected chi connectivity index (χ4v) is 1.35. The minimum Gasteiger partial charge on any atom is -0.480 e. The van der Waals surface area contributed by atoms with Gasteiger partial charge in [0, 0.05) is 32.4 Å². The maximum absolute atomic E-state index is 11.5. The maximum Gasteiger partial charge on any atom is 0.267 e. The number of hydrogen-bond acceptors (Lipinski definition) is 5. The van der Waals surface area contributed by atoms with E-state index in [9.17, 15) is 4.79 Å². The molecule has 0 radical (unpaired) electrons. The summed E-state index contributed by atoms with van der Waals surface area (Å²) in [6.07, 6.45) is 0.955. The summed E-state index contributed by atoms with van der Waals surface area (Å²) in [6, 6.07) is 3.02. The Hall–Kier alpha value is -1.40. The molecule has 0 spiro atoms. The lowest BCUT2D eigenvalue weighted by molar-refractivity contribution is 0.194. The van der Waals surface area contributed by atoms with Gasteiger partial charge in [0.15, 0.2) is 0 Å². The van der Waals surface area contributed by atoms with E-state index in [4.69, 9.17) is 9.47 Å². The Morgan fingerprint density at radius 2 is 2.18 bits per heavy atom. The fourth-order valence-electron chi connectivity index (χ4n) is 1.35. The molecule has 96 valence electrons. The Kier molecular flexibility index (Phi) is 6.27. The molecule has 0 bridgehead atoms. The highest BCUT2D eigenvalue weighted by molar-refractivity contribution is 5.05. The predicted molar refractivity (Wildman–Crippen MR) is 64.4 cm³/mol. The molecule has 0 aromatic carbocycles. The number of aromatic nitrogens is 2. The average Bonchev–Trinajstić information content (AvgIpc) is 2.35. The first-order chi connectivity index (χ1) is 8.27. The largest absolute Gasteiger partial charge is 0.480 e. The zero-order chi connectivity index (χ0) is 12.5. The van der Waals surface area contributed by atoms with Crippen LogP contribution < -0.4 is 15.6 Å². The Bertz CT molecular complexity index is 378. The van der Waals surface area contributed by atoms with Gasteiger partial charge in [0.1, 0.15) is 0 Å². The zero-order valence-electron chi connectivity index (χ0n) is 10.3. The molecule has 0 fully saturated rings. The summed E-state index contributed by atoms with van der Waals surface area (Å²) in [5.74, 6) is 0.448. The number of rotatable bonds is 8. The fraction of sp³-hybridized carbons (Fsp3) is 0.636. The van der Waals surface area contributed by atoms with Crippen LogP contribution in [0.25, 0.3) is 0 Å². The van der Waals surface area contributed by atoms with Gasteiger partial charge in [-0.15, -0.1) is 5.10 Å². The van der Waals surface area contributed by atoms with Crippen LogP contribution in [0.4, 0.5) is 0 Å². The highest BCUT2D eigenvalue weighted by Crippen LogP contribution is 1.98. The van der Waals surface area contributed by atoms with Gasteiger partial charge in [0.25, 0.3) is 5.56 Å². The highest BCUT2D eigenvalue weighted by atomic mass is 16.5. The van der Waals surface area contributed by atoms with Crippen molar-refractivity contribution >= 4 is 0 Å². The van der Waals surface area contributed by atoms with E-state index in [1.807, 2.05) is 0 Å². The number of nitrogens with zero attached hydrogens (tertiary/aromatic N) is 2. The summed E-state index contributed by atoms with van der Waals surface area (Å²) >= 11 is 0. The molecular formula is C11H19N3O3. The van der Waals surface area contributed by atoms with Crippen molar-refractivity contribution in [3.63, 3.8) is 0 Å². The topological polar surface area (TPSA) is 65.4 Å². The van der Waals surface area contributed by atoms with Gasteiger partial charge in [-0.05, 0) is 13.0 Å². The van der Waals surface area contributed by atoms with Gasteiger partial charge in [-0.3, -0.25) is 4.79 Å². The van der Waals surface area contributed by atoms with Crippen molar-refractivity contribution in [3.05, 3.63) is 22.5 Å². The smallest absolute Gasteiger partial charge is 0.267 e. The van der Waals surface area contributed by atoms with Gasteiger partial charge >= 0.3 is 0 Å². The molecule has 0 saturated heterocycles. The molecule has 6 heteroatoms. The molecule has 0 amide bonds. The second-order valence-corrected chi connectivity index (χ2v) is 3.53. The molecule has 1 aromatic rings. The van der Waals surface area contributed by atoms with E-state index in [0.29, 0.717) is 19.0 Å². The third kappa shape index (κ3) is 4.97. The van der Waals surface area contributed by atoms with Crippen LogP contribution in [0.15, 0.2) is 16.9 Å². The third-order valence-corrected chi connectivity index (χ3v) is 2.25. The van der Waals surface area contributed by atoms with Gasteiger partial charge in [0.2, 0.25) is 5.88 Å². The van der Waals surface area contributed by atoms with E-state index >= 15 is 0 Å². The monoisotopic (exact) mass is 241 g/mol. The van der Waals surface area contributed by atoms with Gasteiger partial charge in [-0.1, -0.05) is 0 Å². The van der Waals surface area contributed by atoms with E-state index < -0.39 is 0 Å². The van der Waals surface area contributed by atoms with Crippen molar-refractivity contribution in [2.75, 3.05) is 33.9 Å². The lowest BCUT2D eigenvalue weighted by Crippen LogP contribution is -2.29. The van der Waals surface area contributed by atoms with E-state index in [2.05, 4.69) is 10.4 Å². The van der Waals surface area contributed by atoms with Crippen LogP contribution in [-0.4, -0.2) is 43.7 Å². The van der Waals surface area contributed by atoms with Crippen LogP contribution in [0.5, 0.6) is 5.88 Å². The molecule has 0 atom stereocenters. The second-order valence-electron chi connectivity index (χ2n) is 3.53. The van der Waals surface area contributed by atoms with Crippen LogP contribution >= 0.6 is 0 Å². The van der Waals surface area contributed by atoms with Crippen LogP contribution in [0, 0.1) is 0 Å². The molecule has 0 aliphatic rings. The normalized spacial score (nSPS) is 10.5. The predicted octanol–water partition coefficient (Wildman–Crippen LogP) is -0.122. The number of hydrogen-bond donors (Lipinski definition) is 1. The minimum atomic E-state index is -0.121. The Balaban J connectivity index is 2.33. The summed E-state index contributed by atoms with van der Waals surface area (Å²) in [7, 11) is 3.21. The van der Waals surface area contributed by atoms with Gasteiger partial charge in [-0.25, -0.2) is 4.68 Å². The zero-order valence-corrected chi connectivity index (χ0v) is 10.3. The highest BCUT2D eigenvalue weighted by Gasteiger charge is 1.99. The quantitative estimate of drug-likeness (QED) is 0.643. The minimum absolute atomic E-state index is 0.121. The molecule has 1 N–H and O–H groups in total. The summed E-state index contributed by atoms with van der Waals surface area (Å²) in [5, 5.41) is 7.25.